The average Bonchev–Trinajstić information content (AvgIpc) is 3.50. The van der Waals surface area contributed by atoms with Crippen molar-refractivity contribution in [1.82, 2.24) is 4.90 Å². The topological polar surface area (TPSA) is 42.0 Å². The van der Waals surface area contributed by atoms with Crippen molar-refractivity contribution in [2.24, 2.45) is 0 Å². The molecule has 2 atom stereocenters. The van der Waals surface area contributed by atoms with Gasteiger partial charge in [0.15, 0.2) is 0 Å². The lowest BCUT2D eigenvalue weighted by Gasteiger charge is -2.25. The fourth-order valence-corrected chi connectivity index (χ4v) is 5.16. The molecule has 5 rings (SSSR count). The molecule has 0 saturated carbocycles. The van der Waals surface area contributed by atoms with E-state index in [1.165, 1.54) is 16.8 Å². The van der Waals surface area contributed by atoms with Crippen LogP contribution in [-0.4, -0.2) is 50.3 Å². The molecule has 29 heavy (non-hydrogen) atoms. The molecule has 2 aromatic carbocycles. The van der Waals surface area contributed by atoms with Crippen LogP contribution in [0, 0.1) is 0 Å². The molecule has 0 N–H and O–H groups in total. The van der Waals surface area contributed by atoms with Gasteiger partial charge < -0.3 is 19.3 Å². The molecule has 2 fully saturated rings. The van der Waals surface area contributed by atoms with Crippen molar-refractivity contribution in [3.05, 3.63) is 59.7 Å². The number of carbonyl (C=O) groups excluding carboxylic acids is 1. The maximum Gasteiger partial charge on any atom is 0.251 e. The van der Waals surface area contributed by atoms with E-state index in [2.05, 4.69) is 41.3 Å². The Labute approximate surface area is 172 Å². The second kappa shape index (κ2) is 7.38. The first kappa shape index (κ1) is 18.5. The molecular weight excluding hydrogens is 364 g/mol. The van der Waals surface area contributed by atoms with Gasteiger partial charge >= 0.3 is 0 Å². The third-order valence-electron chi connectivity index (χ3n) is 6.67. The van der Waals surface area contributed by atoms with Gasteiger partial charge in [-0.15, -0.1) is 0 Å². The predicted octanol–water partition coefficient (Wildman–Crippen LogP) is 3.36. The van der Waals surface area contributed by atoms with Crippen molar-refractivity contribution < 1.29 is 14.3 Å². The van der Waals surface area contributed by atoms with Crippen LogP contribution in [0.15, 0.2) is 48.5 Å². The second-order valence-electron chi connectivity index (χ2n) is 8.54. The number of carbonyl (C=O) groups is 1. The van der Waals surface area contributed by atoms with Gasteiger partial charge in [0.05, 0.1) is 13.7 Å². The van der Waals surface area contributed by atoms with Crippen LogP contribution >= 0.6 is 0 Å². The highest BCUT2D eigenvalue weighted by Gasteiger charge is 2.50. The molecule has 3 aliphatic heterocycles. The summed E-state index contributed by atoms with van der Waals surface area (Å²) in [6.45, 7) is 4.11. The number of rotatable bonds is 4. The Kier molecular flexibility index (Phi) is 4.70. The molecule has 5 nitrogen and oxygen atoms in total. The molecular formula is C24H28N2O3. The first-order valence-electron chi connectivity index (χ1n) is 10.6. The molecule has 5 heteroatoms. The monoisotopic (exact) mass is 392 g/mol. The van der Waals surface area contributed by atoms with Crippen LogP contribution in [0.3, 0.4) is 0 Å². The molecule has 0 bridgehead atoms. The minimum Gasteiger partial charge on any atom is -0.497 e. The van der Waals surface area contributed by atoms with E-state index in [0.717, 1.165) is 51.2 Å². The van der Waals surface area contributed by atoms with Crippen molar-refractivity contribution in [2.75, 3.05) is 38.3 Å². The normalized spacial score (nSPS) is 25.6. The summed E-state index contributed by atoms with van der Waals surface area (Å²) in [5.41, 5.74) is 3.75. The van der Waals surface area contributed by atoms with Gasteiger partial charge in [0.25, 0.3) is 5.91 Å². The smallest absolute Gasteiger partial charge is 0.251 e. The van der Waals surface area contributed by atoms with Gasteiger partial charge in [0.1, 0.15) is 11.9 Å². The molecule has 0 radical (unpaired) electrons. The minimum atomic E-state index is -0.304. The first-order valence-corrected chi connectivity index (χ1v) is 10.6. The number of benzene rings is 2. The van der Waals surface area contributed by atoms with E-state index in [0.29, 0.717) is 6.61 Å². The van der Waals surface area contributed by atoms with E-state index in [4.69, 9.17) is 9.47 Å². The van der Waals surface area contributed by atoms with E-state index >= 15 is 0 Å². The Hall–Kier alpha value is -2.53. The average molecular weight is 392 g/mol. The van der Waals surface area contributed by atoms with Crippen molar-refractivity contribution in [2.45, 2.75) is 37.3 Å². The van der Waals surface area contributed by atoms with Crippen molar-refractivity contribution in [3.63, 3.8) is 0 Å². The minimum absolute atomic E-state index is 0.0941. The number of para-hydroxylation sites is 1. The Morgan fingerprint density at radius 3 is 2.66 bits per heavy atom. The van der Waals surface area contributed by atoms with Crippen LogP contribution < -0.4 is 9.64 Å². The summed E-state index contributed by atoms with van der Waals surface area (Å²) in [6.07, 6.45) is 2.70. The van der Waals surface area contributed by atoms with Gasteiger partial charge in [-0.2, -0.15) is 0 Å². The number of nitrogens with zero attached hydrogens (tertiary/aromatic N) is 2. The van der Waals surface area contributed by atoms with Crippen molar-refractivity contribution >= 4 is 11.6 Å². The molecule has 0 unspecified atom stereocenters. The van der Waals surface area contributed by atoms with Crippen LogP contribution in [0.25, 0.3) is 0 Å². The van der Waals surface area contributed by atoms with Gasteiger partial charge in [-0.25, -0.2) is 0 Å². The number of amides is 1. The van der Waals surface area contributed by atoms with Crippen LogP contribution in [0.5, 0.6) is 5.75 Å². The molecule has 2 aromatic rings. The zero-order valence-corrected chi connectivity index (χ0v) is 17.0. The number of methoxy groups -OCH3 is 1. The summed E-state index contributed by atoms with van der Waals surface area (Å²) in [4.78, 5) is 17.3. The zero-order chi connectivity index (χ0) is 19.8. The van der Waals surface area contributed by atoms with Crippen LogP contribution in [-0.2, 0) is 21.5 Å². The lowest BCUT2D eigenvalue weighted by atomic mass is 9.80. The molecule has 1 amide bonds. The van der Waals surface area contributed by atoms with E-state index in [9.17, 15) is 4.79 Å². The molecule has 2 saturated heterocycles. The van der Waals surface area contributed by atoms with E-state index in [1.54, 1.807) is 7.11 Å². The standard InChI is InChI=1S/C24H28N2O3/c1-28-19-10-8-18(9-11-19)15-26-16-24(20-6-2-3-7-21(20)26)14-22(29-17-24)23(27)25-12-4-5-13-25/h2-3,6-11,22H,4-5,12-17H2,1H3/t22-,24-/m0/s1. The zero-order valence-electron chi connectivity index (χ0n) is 17.0. The molecule has 0 aromatic heterocycles. The SMILES string of the molecule is COc1ccc(CN2C[C@@]3(CO[C@H](C(=O)N4CCCC4)C3)c3ccccc32)cc1. The molecule has 3 heterocycles. The fourth-order valence-electron chi connectivity index (χ4n) is 5.16. The lowest BCUT2D eigenvalue weighted by Crippen LogP contribution is -2.38. The van der Waals surface area contributed by atoms with Crippen LogP contribution in [0.4, 0.5) is 5.69 Å². The molecule has 3 aliphatic rings. The highest BCUT2D eigenvalue weighted by molar-refractivity contribution is 5.82. The van der Waals surface area contributed by atoms with Crippen molar-refractivity contribution in [1.29, 1.82) is 0 Å². The second-order valence-corrected chi connectivity index (χ2v) is 8.54. The quantitative estimate of drug-likeness (QED) is 0.800. The predicted molar refractivity (Wildman–Crippen MR) is 112 cm³/mol. The number of fused-ring (bicyclic) bond motifs is 2. The summed E-state index contributed by atoms with van der Waals surface area (Å²) in [7, 11) is 1.69. The van der Waals surface area contributed by atoms with Gasteiger partial charge in [-0.1, -0.05) is 30.3 Å². The summed E-state index contributed by atoms with van der Waals surface area (Å²) in [5.74, 6) is 1.06. The Bertz CT molecular complexity index is 891. The summed E-state index contributed by atoms with van der Waals surface area (Å²) in [5, 5.41) is 0. The van der Waals surface area contributed by atoms with Crippen molar-refractivity contribution in [3.8, 4) is 5.75 Å². The molecule has 1 spiro atoms. The fraction of sp³-hybridized carbons (Fsp3) is 0.458. The first-order chi connectivity index (χ1) is 14.2. The Morgan fingerprint density at radius 1 is 1.14 bits per heavy atom. The number of hydrogen-bond acceptors (Lipinski definition) is 4. The summed E-state index contributed by atoms with van der Waals surface area (Å²) < 4.78 is 11.4. The van der Waals surface area contributed by atoms with Gasteiger partial charge in [-0.3, -0.25) is 4.79 Å². The van der Waals surface area contributed by atoms with Gasteiger partial charge in [0.2, 0.25) is 0 Å². The number of hydrogen-bond donors (Lipinski definition) is 0. The molecule has 0 aliphatic carbocycles. The summed E-state index contributed by atoms with van der Waals surface area (Å²) in [6, 6.07) is 16.9. The maximum atomic E-state index is 12.9. The Balaban J connectivity index is 1.37. The third-order valence-corrected chi connectivity index (χ3v) is 6.67. The Morgan fingerprint density at radius 2 is 1.90 bits per heavy atom. The highest BCUT2D eigenvalue weighted by Crippen LogP contribution is 2.48. The van der Waals surface area contributed by atoms with E-state index < -0.39 is 0 Å². The third kappa shape index (κ3) is 3.27. The van der Waals surface area contributed by atoms with E-state index in [1.807, 2.05) is 17.0 Å². The highest BCUT2D eigenvalue weighted by atomic mass is 16.5. The maximum absolute atomic E-state index is 12.9. The lowest BCUT2D eigenvalue weighted by molar-refractivity contribution is -0.139. The number of anilines is 1. The largest absolute Gasteiger partial charge is 0.497 e. The number of ether oxygens (including phenoxy) is 2. The van der Waals surface area contributed by atoms with Gasteiger partial charge in [0, 0.05) is 37.3 Å². The van der Waals surface area contributed by atoms with E-state index in [-0.39, 0.29) is 17.4 Å². The van der Waals surface area contributed by atoms with Gasteiger partial charge in [-0.05, 0) is 48.6 Å². The molecule has 152 valence electrons. The number of likely N-dealkylation sites (tertiary alicyclic amines) is 1. The van der Waals surface area contributed by atoms with Crippen LogP contribution in [0.1, 0.15) is 30.4 Å². The summed E-state index contributed by atoms with van der Waals surface area (Å²) >= 11 is 0. The van der Waals surface area contributed by atoms with Crippen LogP contribution in [0.2, 0.25) is 0 Å².